The first kappa shape index (κ1) is 18.9. The third kappa shape index (κ3) is 5.05. The molecule has 0 aliphatic carbocycles. The molecule has 1 N–H and O–H groups in total. The second-order valence-electron chi connectivity index (χ2n) is 6.74. The number of piperidine rings is 1. The summed E-state index contributed by atoms with van der Waals surface area (Å²) in [6.45, 7) is 6.81. The highest BCUT2D eigenvalue weighted by Gasteiger charge is 2.18. The molecule has 1 atom stereocenters. The van der Waals surface area contributed by atoms with Crippen molar-refractivity contribution in [3.05, 3.63) is 29.3 Å². The van der Waals surface area contributed by atoms with Crippen molar-refractivity contribution in [2.75, 3.05) is 25.9 Å². The van der Waals surface area contributed by atoms with Crippen molar-refractivity contribution in [3.63, 3.8) is 0 Å². The van der Waals surface area contributed by atoms with Crippen LogP contribution in [0.4, 0.5) is 0 Å². The second kappa shape index (κ2) is 8.12. The van der Waals surface area contributed by atoms with Crippen LogP contribution < -0.4 is 5.32 Å². The van der Waals surface area contributed by atoms with E-state index in [0.29, 0.717) is 18.2 Å². The number of nitrogens with zero attached hydrogens (tertiary/aromatic N) is 1. The topological polar surface area (TPSA) is 66.5 Å². The highest BCUT2D eigenvalue weighted by molar-refractivity contribution is 7.90. The maximum atomic E-state index is 12.3. The van der Waals surface area contributed by atoms with Crippen LogP contribution in [0.25, 0.3) is 0 Å². The fourth-order valence-electron chi connectivity index (χ4n) is 3.15. The summed E-state index contributed by atoms with van der Waals surface area (Å²) in [5.41, 5.74) is 1.22. The number of carbonyl (C=O) groups excluding carboxylic acids is 1. The number of sulfone groups is 1. The maximum Gasteiger partial charge on any atom is 0.251 e. The van der Waals surface area contributed by atoms with Crippen LogP contribution in [0.2, 0.25) is 0 Å². The average Bonchev–Trinajstić information content (AvgIpc) is 2.52. The zero-order chi connectivity index (χ0) is 17.7. The lowest BCUT2D eigenvalue weighted by molar-refractivity contribution is 0.0948. The Morgan fingerprint density at radius 1 is 1.33 bits per heavy atom. The van der Waals surface area contributed by atoms with E-state index >= 15 is 0 Å². The standard InChI is InChI=1S/C18H28N2O3S/c1-14-8-9-16(24(3,22)23)13-17(14)18(21)19-10-6-12-20-11-5-4-7-15(20)2/h8-9,13,15H,4-7,10-12H2,1-3H3,(H,19,21)/t15-/m1/s1. The van der Waals surface area contributed by atoms with Gasteiger partial charge in [-0.15, -0.1) is 0 Å². The van der Waals surface area contributed by atoms with Gasteiger partial charge in [-0.3, -0.25) is 4.79 Å². The van der Waals surface area contributed by atoms with Gasteiger partial charge in [-0.2, -0.15) is 0 Å². The van der Waals surface area contributed by atoms with Gasteiger partial charge in [0.25, 0.3) is 5.91 Å². The van der Waals surface area contributed by atoms with Crippen molar-refractivity contribution in [1.82, 2.24) is 10.2 Å². The van der Waals surface area contributed by atoms with Crippen LogP contribution in [0.1, 0.15) is 48.5 Å². The van der Waals surface area contributed by atoms with Gasteiger partial charge in [0.05, 0.1) is 4.90 Å². The molecule has 1 heterocycles. The van der Waals surface area contributed by atoms with Crippen LogP contribution in [0.5, 0.6) is 0 Å². The monoisotopic (exact) mass is 352 g/mol. The molecule has 0 bridgehead atoms. The molecule has 134 valence electrons. The van der Waals surface area contributed by atoms with Gasteiger partial charge in [-0.05, 0) is 57.4 Å². The number of nitrogens with one attached hydrogen (secondary N) is 1. The third-order valence-electron chi connectivity index (χ3n) is 4.73. The van der Waals surface area contributed by atoms with Gasteiger partial charge >= 0.3 is 0 Å². The molecule has 5 nitrogen and oxygen atoms in total. The molecular formula is C18H28N2O3S. The molecular weight excluding hydrogens is 324 g/mol. The fraction of sp³-hybridized carbons (Fsp3) is 0.611. The lowest BCUT2D eigenvalue weighted by Gasteiger charge is -2.33. The number of amides is 1. The van der Waals surface area contributed by atoms with E-state index in [1.54, 1.807) is 12.1 Å². The molecule has 1 aliphatic rings. The van der Waals surface area contributed by atoms with E-state index in [-0.39, 0.29) is 10.8 Å². The molecule has 1 aromatic rings. The highest BCUT2D eigenvalue weighted by atomic mass is 32.2. The van der Waals surface area contributed by atoms with Crippen LogP contribution in [-0.4, -0.2) is 51.2 Å². The average molecular weight is 353 g/mol. The summed E-state index contributed by atoms with van der Waals surface area (Å²) < 4.78 is 23.3. The molecule has 0 radical (unpaired) electrons. The van der Waals surface area contributed by atoms with E-state index < -0.39 is 9.84 Å². The van der Waals surface area contributed by atoms with Crippen molar-refractivity contribution in [3.8, 4) is 0 Å². The number of hydrogen-bond donors (Lipinski definition) is 1. The van der Waals surface area contributed by atoms with Gasteiger partial charge in [0.15, 0.2) is 9.84 Å². The normalized spacial score (nSPS) is 19.2. The minimum absolute atomic E-state index is 0.181. The van der Waals surface area contributed by atoms with Gasteiger partial charge in [0.1, 0.15) is 0 Å². The summed E-state index contributed by atoms with van der Waals surface area (Å²) >= 11 is 0. The first-order valence-electron chi connectivity index (χ1n) is 8.62. The Kier molecular flexibility index (Phi) is 6.40. The first-order valence-corrected chi connectivity index (χ1v) is 10.5. The van der Waals surface area contributed by atoms with E-state index in [4.69, 9.17) is 0 Å². The van der Waals surface area contributed by atoms with Gasteiger partial charge in [-0.1, -0.05) is 12.5 Å². The zero-order valence-electron chi connectivity index (χ0n) is 14.8. The number of aryl methyl sites for hydroxylation is 1. The largest absolute Gasteiger partial charge is 0.352 e. The van der Waals surface area contributed by atoms with Gasteiger partial charge < -0.3 is 10.2 Å². The number of likely N-dealkylation sites (tertiary alicyclic amines) is 1. The summed E-state index contributed by atoms with van der Waals surface area (Å²) in [4.78, 5) is 15.0. The van der Waals surface area contributed by atoms with Crippen LogP contribution in [0.15, 0.2) is 23.1 Å². The molecule has 6 heteroatoms. The van der Waals surface area contributed by atoms with Crippen LogP contribution in [-0.2, 0) is 9.84 Å². The lowest BCUT2D eigenvalue weighted by Crippen LogP contribution is -2.39. The maximum absolute atomic E-state index is 12.3. The Morgan fingerprint density at radius 3 is 2.75 bits per heavy atom. The molecule has 1 amide bonds. The van der Waals surface area contributed by atoms with E-state index in [1.807, 2.05) is 6.92 Å². The Labute approximate surface area is 145 Å². The van der Waals surface area contributed by atoms with Gasteiger partial charge in [0.2, 0.25) is 0 Å². The van der Waals surface area contributed by atoms with Gasteiger partial charge in [0, 0.05) is 31.0 Å². The Morgan fingerprint density at radius 2 is 2.08 bits per heavy atom. The van der Waals surface area contributed by atoms with Crippen LogP contribution in [0.3, 0.4) is 0 Å². The summed E-state index contributed by atoms with van der Waals surface area (Å²) in [7, 11) is -3.31. The van der Waals surface area contributed by atoms with E-state index in [1.165, 1.54) is 25.3 Å². The summed E-state index contributed by atoms with van der Waals surface area (Å²) in [6.07, 6.45) is 5.88. The molecule has 0 spiro atoms. The van der Waals surface area contributed by atoms with E-state index in [0.717, 1.165) is 31.3 Å². The van der Waals surface area contributed by atoms with Gasteiger partial charge in [-0.25, -0.2) is 8.42 Å². The Bertz CT molecular complexity index is 686. The molecule has 1 fully saturated rings. The zero-order valence-corrected chi connectivity index (χ0v) is 15.7. The Hall–Kier alpha value is -1.40. The van der Waals surface area contributed by atoms with Crippen molar-refractivity contribution < 1.29 is 13.2 Å². The number of carbonyl (C=O) groups is 1. The second-order valence-corrected chi connectivity index (χ2v) is 8.75. The smallest absolute Gasteiger partial charge is 0.251 e. The molecule has 1 saturated heterocycles. The minimum Gasteiger partial charge on any atom is -0.352 e. The molecule has 0 aromatic heterocycles. The predicted molar refractivity (Wildman–Crippen MR) is 96.1 cm³/mol. The Balaban J connectivity index is 1.88. The van der Waals surface area contributed by atoms with Crippen molar-refractivity contribution >= 4 is 15.7 Å². The summed E-state index contributed by atoms with van der Waals surface area (Å²) in [5, 5.41) is 2.91. The van der Waals surface area contributed by atoms with Crippen LogP contribution >= 0.6 is 0 Å². The molecule has 0 unspecified atom stereocenters. The van der Waals surface area contributed by atoms with E-state index in [9.17, 15) is 13.2 Å². The molecule has 1 aromatic carbocycles. The predicted octanol–water partition coefficient (Wildman–Crippen LogP) is 2.39. The van der Waals surface area contributed by atoms with Crippen molar-refractivity contribution in [2.45, 2.75) is 50.5 Å². The molecule has 1 aliphatic heterocycles. The number of hydrogen-bond acceptors (Lipinski definition) is 4. The highest BCUT2D eigenvalue weighted by Crippen LogP contribution is 2.17. The number of benzene rings is 1. The van der Waals surface area contributed by atoms with Crippen molar-refractivity contribution in [2.24, 2.45) is 0 Å². The summed E-state index contributed by atoms with van der Waals surface area (Å²) in [6, 6.07) is 5.32. The molecule has 24 heavy (non-hydrogen) atoms. The first-order chi connectivity index (χ1) is 11.3. The van der Waals surface area contributed by atoms with Crippen LogP contribution in [0, 0.1) is 6.92 Å². The molecule has 0 saturated carbocycles. The quantitative estimate of drug-likeness (QED) is 0.799. The fourth-order valence-corrected chi connectivity index (χ4v) is 3.79. The van der Waals surface area contributed by atoms with Crippen molar-refractivity contribution in [1.29, 1.82) is 0 Å². The SMILES string of the molecule is Cc1ccc(S(C)(=O)=O)cc1C(=O)NCCCN1CCCC[C@H]1C. The molecule has 2 rings (SSSR count). The minimum atomic E-state index is -3.31. The lowest BCUT2D eigenvalue weighted by atomic mass is 10.0. The van der Waals surface area contributed by atoms with E-state index in [2.05, 4.69) is 17.1 Å². The third-order valence-corrected chi connectivity index (χ3v) is 5.84. The summed E-state index contributed by atoms with van der Waals surface area (Å²) in [5.74, 6) is -0.204. The number of rotatable bonds is 6.